The van der Waals surface area contributed by atoms with Gasteiger partial charge < -0.3 is 19.5 Å². The molecule has 1 N–H and O–H groups in total. The van der Waals surface area contributed by atoms with Crippen molar-refractivity contribution in [2.24, 2.45) is 0 Å². The van der Waals surface area contributed by atoms with E-state index < -0.39 is 0 Å². The Balaban J connectivity index is 1.76. The standard InChI is InChI=1S/C22H23BrN4OS/c1-28-14-6-13-27-21(20(25-22(27)29)18-9-2-3-11-24-18)19-10-5-12-26(19)17-8-4-7-16(23)15-17/h2-5,7-12,15,20-21H,6,13-14H2,1H3,(H,25,29)/t20-,21-/m0/s1. The van der Waals surface area contributed by atoms with Crippen molar-refractivity contribution >= 4 is 33.3 Å². The Labute approximate surface area is 184 Å². The zero-order valence-electron chi connectivity index (χ0n) is 16.2. The molecule has 2 aromatic heterocycles. The van der Waals surface area contributed by atoms with Crippen molar-refractivity contribution in [3.05, 3.63) is 82.9 Å². The van der Waals surface area contributed by atoms with Crippen LogP contribution in [-0.4, -0.2) is 39.8 Å². The minimum absolute atomic E-state index is 0.0213. The van der Waals surface area contributed by atoms with Gasteiger partial charge in [0.25, 0.3) is 0 Å². The second-order valence-electron chi connectivity index (χ2n) is 6.95. The van der Waals surface area contributed by atoms with Gasteiger partial charge in [0.15, 0.2) is 5.11 Å². The summed E-state index contributed by atoms with van der Waals surface area (Å²) in [4.78, 5) is 6.87. The molecule has 1 aliphatic rings. The molecule has 1 aliphatic heterocycles. The molecular weight excluding hydrogens is 448 g/mol. The Kier molecular flexibility index (Phi) is 6.28. The summed E-state index contributed by atoms with van der Waals surface area (Å²) in [7, 11) is 1.73. The van der Waals surface area contributed by atoms with Crippen LogP contribution in [-0.2, 0) is 4.74 Å². The van der Waals surface area contributed by atoms with E-state index in [1.807, 2.05) is 30.5 Å². The smallest absolute Gasteiger partial charge is 0.170 e. The van der Waals surface area contributed by atoms with Gasteiger partial charge in [-0.05, 0) is 61.1 Å². The number of pyridine rings is 1. The molecule has 3 heterocycles. The van der Waals surface area contributed by atoms with Crippen molar-refractivity contribution in [2.75, 3.05) is 20.3 Å². The fraction of sp³-hybridized carbons (Fsp3) is 0.273. The van der Waals surface area contributed by atoms with E-state index in [-0.39, 0.29) is 12.1 Å². The molecule has 0 saturated carbocycles. The van der Waals surface area contributed by atoms with Crippen LogP contribution in [0.15, 0.2) is 71.5 Å². The number of ether oxygens (including phenoxy) is 1. The van der Waals surface area contributed by atoms with Crippen LogP contribution in [0.25, 0.3) is 5.69 Å². The molecule has 4 rings (SSSR count). The highest BCUT2D eigenvalue weighted by atomic mass is 79.9. The van der Waals surface area contributed by atoms with Crippen LogP contribution < -0.4 is 5.32 Å². The van der Waals surface area contributed by atoms with Crippen molar-refractivity contribution in [3.63, 3.8) is 0 Å². The predicted octanol–water partition coefficient (Wildman–Crippen LogP) is 4.64. The van der Waals surface area contributed by atoms with Gasteiger partial charge in [0.1, 0.15) is 0 Å². The van der Waals surface area contributed by atoms with E-state index in [4.69, 9.17) is 17.0 Å². The molecule has 0 radical (unpaired) electrons. The van der Waals surface area contributed by atoms with Crippen LogP contribution in [0.2, 0.25) is 0 Å². The summed E-state index contributed by atoms with van der Waals surface area (Å²) in [5.74, 6) is 0. The zero-order valence-corrected chi connectivity index (χ0v) is 18.6. The van der Waals surface area contributed by atoms with Crippen molar-refractivity contribution < 1.29 is 4.74 Å². The lowest BCUT2D eigenvalue weighted by Crippen LogP contribution is -2.32. The second kappa shape index (κ2) is 9.07. The summed E-state index contributed by atoms with van der Waals surface area (Å²) in [5.41, 5.74) is 3.26. The minimum atomic E-state index is -0.0213. The summed E-state index contributed by atoms with van der Waals surface area (Å²) in [6, 6.07) is 18.6. The van der Waals surface area contributed by atoms with Gasteiger partial charge in [0.2, 0.25) is 0 Å². The summed E-state index contributed by atoms with van der Waals surface area (Å²) in [5, 5.41) is 4.26. The van der Waals surface area contributed by atoms with E-state index >= 15 is 0 Å². The Hall–Kier alpha value is -2.22. The number of methoxy groups -OCH3 is 1. The van der Waals surface area contributed by atoms with E-state index in [0.717, 1.165) is 33.9 Å². The van der Waals surface area contributed by atoms with Crippen molar-refractivity contribution in [2.45, 2.75) is 18.5 Å². The van der Waals surface area contributed by atoms with Crippen molar-refractivity contribution in [1.82, 2.24) is 19.8 Å². The summed E-state index contributed by atoms with van der Waals surface area (Å²) in [6.45, 7) is 1.52. The highest BCUT2D eigenvalue weighted by Crippen LogP contribution is 2.39. The molecule has 0 aliphatic carbocycles. The van der Waals surface area contributed by atoms with Crippen LogP contribution in [0, 0.1) is 0 Å². The molecule has 7 heteroatoms. The largest absolute Gasteiger partial charge is 0.385 e. The quantitative estimate of drug-likeness (QED) is 0.402. The Morgan fingerprint density at radius 3 is 2.83 bits per heavy atom. The zero-order chi connectivity index (χ0) is 20.2. The van der Waals surface area contributed by atoms with Gasteiger partial charge in [-0.25, -0.2) is 0 Å². The van der Waals surface area contributed by atoms with Gasteiger partial charge in [0, 0.05) is 48.5 Å². The minimum Gasteiger partial charge on any atom is -0.385 e. The summed E-state index contributed by atoms with van der Waals surface area (Å²) < 4.78 is 8.54. The van der Waals surface area contributed by atoms with Gasteiger partial charge in [-0.1, -0.05) is 28.1 Å². The Morgan fingerprint density at radius 1 is 1.17 bits per heavy atom. The first kappa shape index (κ1) is 20.1. The van der Waals surface area contributed by atoms with E-state index in [9.17, 15) is 0 Å². The van der Waals surface area contributed by atoms with Crippen molar-refractivity contribution in [1.29, 1.82) is 0 Å². The number of hydrogen-bond acceptors (Lipinski definition) is 3. The van der Waals surface area contributed by atoms with Crippen LogP contribution in [0.4, 0.5) is 0 Å². The number of rotatable bonds is 7. The lowest BCUT2D eigenvalue weighted by molar-refractivity contribution is 0.180. The predicted molar refractivity (Wildman–Crippen MR) is 122 cm³/mol. The number of nitrogens with zero attached hydrogens (tertiary/aromatic N) is 3. The Bertz CT molecular complexity index is 978. The average molecular weight is 471 g/mol. The number of benzene rings is 1. The second-order valence-corrected chi connectivity index (χ2v) is 8.25. The molecule has 5 nitrogen and oxygen atoms in total. The molecule has 0 amide bonds. The molecule has 3 aromatic rings. The third kappa shape index (κ3) is 4.22. The first-order valence-electron chi connectivity index (χ1n) is 9.59. The molecule has 0 unspecified atom stereocenters. The van der Waals surface area contributed by atoms with Gasteiger partial charge in [-0.15, -0.1) is 0 Å². The monoisotopic (exact) mass is 470 g/mol. The fourth-order valence-electron chi connectivity index (χ4n) is 3.84. The molecular formula is C22H23BrN4OS. The first-order valence-corrected chi connectivity index (χ1v) is 10.8. The summed E-state index contributed by atoms with van der Waals surface area (Å²) in [6.07, 6.45) is 4.83. The maximum atomic E-state index is 5.73. The van der Waals surface area contributed by atoms with Gasteiger partial charge in [-0.3, -0.25) is 4.98 Å². The van der Waals surface area contributed by atoms with E-state index in [0.29, 0.717) is 6.61 Å². The number of hydrogen-bond donors (Lipinski definition) is 1. The van der Waals surface area contributed by atoms with Crippen LogP contribution >= 0.6 is 28.1 Å². The average Bonchev–Trinajstić information content (AvgIpc) is 3.33. The third-order valence-corrected chi connectivity index (χ3v) is 5.96. The molecule has 150 valence electrons. The third-order valence-electron chi connectivity index (χ3n) is 5.11. The number of aromatic nitrogens is 2. The van der Waals surface area contributed by atoms with Gasteiger partial charge in [0.05, 0.1) is 17.8 Å². The molecule has 29 heavy (non-hydrogen) atoms. The van der Waals surface area contributed by atoms with E-state index in [1.165, 1.54) is 5.69 Å². The first-order chi connectivity index (χ1) is 14.2. The summed E-state index contributed by atoms with van der Waals surface area (Å²) >= 11 is 9.32. The topological polar surface area (TPSA) is 42.3 Å². The lowest BCUT2D eigenvalue weighted by Gasteiger charge is -2.29. The lowest BCUT2D eigenvalue weighted by atomic mass is 10.0. The van der Waals surface area contributed by atoms with Gasteiger partial charge >= 0.3 is 0 Å². The molecule has 2 atom stereocenters. The van der Waals surface area contributed by atoms with E-state index in [1.54, 1.807) is 7.11 Å². The number of nitrogens with one attached hydrogen (secondary N) is 1. The Morgan fingerprint density at radius 2 is 2.07 bits per heavy atom. The molecule has 0 spiro atoms. The van der Waals surface area contributed by atoms with Crippen LogP contribution in [0.3, 0.4) is 0 Å². The molecule has 1 saturated heterocycles. The molecule has 0 bridgehead atoms. The normalized spacial score (nSPS) is 18.8. The SMILES string of the molecule is COCCCN1C(=S)N[C@@H](c2ccccn2)[C@@H]1c1cccn1-c1cccc(Br)c1. The number of thiocarbonyl (C=S) groups is 1. The maximum Gasteiger partial charge on any atom is 0.170 e. The molecule has 1 aromatic carbocycles. The highest BCUT2D eigenvalue weighted by molar-refractivity contribution is 9.10. The van der Waals surface area contributed by atoms with Crippen molar-refractivity contribution in [3.8, 4) is 5.69 Å². The highest BCUT2D eigenvalue weighted by Gasteiger charge is 2.40. The number of halogens is 1. The van der Waals surface area contributed by atoms with Crippen LogP contribution in [0.5, 0.6) is 0 Å². The van der Waals surface area contributed by atoms with Gasteiger partial charge in [-0.2, -0.15) is 0 Å². The molecule has 1 fully saturated rings. The van der Waals surface area contributed by atoms with E-state index in [2.05, 4.69) is 72.2 Å². The fourth-order valence-corrected chi connectivity index (χ4v) is 4.56. The van der Waals surface area contributed by atoms with Crippen LogP contribution in [0.1, 0.15) is 29.9 Å². The maximum absolute atomic E-state index is 5.73.